The van der Waals surface area contributed by atoms with E-state index in [4.69, 9.17) is 5.26 Å². The Morgan fingerprint density at radius 3 is 2.80 bits per heavy atom. The molecule has 0 saturated carbocycles. The van der Waals surface area contributed by atoms with Crippen molar-refractivity contribution in [3.63, 3.8) is 0 Å². The average Bonchev–Trinajstić information content (AvgIpc) is 2.58. The van der Waals surface area contributed by atoms with Crippen LogP contribution in [0.25, 0.3) is 5.52 Å². The van der Waals surface area contributed by atoms with Gasteiger partial charge in [-0.1, -0.05) is 6.07 Å². The molecule has 0 aliphatic carbocycles. The fraction of sp³-hybridized carbons (Fsp3) is 0.167. The number of hydrogen-bond acceptors (Lipinski definition) is 2. The molecule has 3 nitrogen and oxygen atoms in total. The molecule has 0 spiro atoms. The molecule has 0 N–H and O–H groups in total. The van der Waals surface area contributed by atoms with Crippen LogP contribution in [-0.2, 0) is 0 Å². The van der Waals surface area contributed by atoms with Crippen LogP contribution in [-0.4, -0.2) is 10.2 Å². The van der Waals surface area contributed by atoms with Gasteiger partial charge < -0.3 is 4.40 Å². The molecule has 2 aromatic rings. The van der Waals surface area contributed by atoms with Crippen LogP contribution < -0.4 is 0 Å². The summed E-state index contributed by atoms with van der Waals surface area (Å²) in [5.41, 5.74) is 2.87. The Hall–Kier alpha value is -2.08. The summed E-state index contributed by atoms with van der Waals surface area (Å²) in [7, 11) is 0. The van der Waals surface area contributed by atoms with Gasteiger partial charge in [-0.25, -0.2) is 0 Å². The zero-order valence-electron chi connectivity index (χ0n) is 8.61. The zero-order valence-corrected chi connectivity index (χ0v) is 8.61. The van der Waals surface area contributed by atoms with Crippen LogP contribution in [0.5, 0.6) is 0 Å². The largest absolute Gasteiger partial charge is 0.305 e. The summed E-state index contributed by atoms with van der Waals surface area (Å²) in [4.78, 5) is 11.4. The number of aryl methyl sites for hydroxylation is 1. The molecule has 2 heterocycles. The Morgan fingerprint density at radius 2 is 2.20 bits per heavy atom. The fourth-order valence-corrected chi connectivity index (χ4v) is 1.79. The molecule has 0 aromatic carbocycles. The lowest BCUT2D eigenvalue weighted by Gasteiger charge is -2.01. The van der Waals surface area contributed by atoms with E-state index in [0.29, 0.717) is 11.3 Å². The third kappa shape index (κ3) is 1.31. The van der Waals surface area contributed by atoms with Crippen LogP contribution in [0.2, 0.25) is 0 Å². The molecule has 0 aliphatic heterocycles. The number of ketones is 1. The van der Waals surface area contributed by atoms with E-state index >= 15 is 0 Å². The Kier molecular flexibility index (Phi) is 2.05. The molecule has 0 fully saturated rings. The number of fused-ring (bicyclic) bond motifs is 1. The number of Topliss-reactive ketones (excluding diaryl/α,β-unsaturated/α-hetero) is 1. The summed E-state index contributed by atoms with van der Waals surface area (Å²) >= 11 is 0. The van der Waals surface area contributed by atoms with Gasteiger partial charge >= 0.3 is 0 Å². The maximum absolute atomic E-state index is 11.4. The Labute approximate surface area is 87.6 Å². The maximum Gasteiger partial charge on any atom is 0.162 e. The number of nitrogens with zero attached hydrogens (tertiary/aromatic N) is 2. The van der Waals surface area contributed by atoms with Crippen molar-refractivity contribution in [3.05, 3.63) is 41.2 Å². The van der Waals surface area contributed by atoms with Gasteiger partial charge in [0.25, 0.3) is 0 Å². The van der Waals surface area contributed by atoms with Gasteiger partial charge in [0, 0.05) is 11.3 Å². The fourth-order valence-electron chi connectivity index (χ4n) is 1.79. The monoisotopic (exact) mass is 198 g/mol. The average molecular weight is 198 g/mol. The molecule has 0 atom stereocenters. The van der Waals surface area contributed by atoms with E-state index in [2.05, 4.69) is 6.07 Å². The molecular formula is C12H10N2O. The van der Waals surface area contributed by atoms with Crippen molar-refractivity contribution in [3.8, 4) is 6.07 Å². The first-order valence-corrected chi connectivity index (χ1v) is 4.67. The van der Waals surface area contributed by atoms with E-state index in [1.165, 1.54) is 6.92 Å². The minimum Gasteiger partial charge on any atom is -0.305 e. The Balaban J connectivity index is 2.95. The van der Waals surface area contributed by atoms with E-state index in [-0.39, 0.29) is 5.78 Å². The number of carbonyl (C=O) groups is 1. The topological polar surface area (TPSA) is 45.3 Å². The van der Waals surface area contributed by atoms with Gasteiger partial charge in [0.2, 0.25) is 0 Å². The highest BCUT2D eigenvalue weighted by Gasteiger charge is 2.12. The van der Waals surface area contributed by atoms with Crippen LogP contribution >= 0.6 is 0 Å². The molecule has 2 rings (SSSR count). The quantitative estimate of drug-likeness (QED) is 0.660. The van der Waals surface area contributed by atoms with Gasteiger partial charge in [0.15, 0.2) is 5.78 Å². The van der Waals surface area contributed by atoms with Crippen molar-refractivity contribution >= 4 is 11.3 Å². The van der Waals surface area contributed by atoms with Crippen LogP contribution in [0.15, 0.2) is 24.3 Å². The minimum absolute atomic E-state index is 0.0143. The normalized spacial score (nSPS) is 10.2. The second-order valence-corrected chi connectivity index (χ2v) is 3.50. The SMILES string of the molecule is CC(=O)c1cc(C#N)n2c(C)cccc12. The maximum atomic E-state index is 11.4. The van der Waals surface area contributed by atoms with Gasteiger partial charge in [-0.05, 0) is 32.0 Å². The lowest BCUT2D eigenvalue weighted by atomic mass is 10.2. The molecule has 74 valence electrons. The van der Waals surface area contributed by atoms with Crippen LogP contribution in [0.3, 0.4) is 0 Å². The standard InChI is InChI=1S/C12H10N2O/c1-8-4-3-5-12-11(9(2)15)6-10(7-13)14(8)12/h3-6H,1-2H3. The van der Waals surface area contributed by atoms with Crippen molar-refractivity contribution in [2.45, 2.75) is 13.8 Å². The number of nitriles is 1. The van der Waals surface area contributed by atoms with E-state index in [9.17, 15) is 4.79 Å². The summed E-state index contributed by atoms with van der Waals surface area (Å²) < 4.78 is 1.80. The van der Waals surface area contributed by atoms with Gasteiger partial charge in [0.05, 0.1) is 5.52 Å². The summed E-state index contributed by atoms with van der Waals surface area (Å²) in [5, 5.41) is 8.97. The van der Waals surface area contributed by atoms with Crippen LogP contribution in [0.4, 0.5) is 0 Å². The number of rotatable bonds is 1. The Bertz CT molecular complexity index is 587. The zero-order chi connectivity index (χ0) is 11.0. The first-order valence-electron chi connectivity index (χ1n) is 4.67. The molecule has 0 bridgehead atoms. The summed E-state index contributed by atoms with van der Waals surface area (Å²) in [6.45, 7) is 3.43. The van der Waals surface area contributed by atoms with E-state index in [0.717, 1.165) is 11.2 Å². The highest BCUT2D eigenvalue weighted by atomic mass is 16.1. The summed E-state index contributed by atoms with van der Waals surface area (Å²) in [5.74, 6) is -0.0143. The third-order valence-electron chi connectivity index (χ3n) is 2.48. The molecule has 15 heavy (non-hydrogen) atoms. The van der Waals surface area contributed by atoms with E-state index in [1.807, 2.05) is 25.1 Å². The Morgan fingerprint density at radius 1 is 1.47 bits per heavy atom. The molecule has 2 aromatic heterocycles. The molecule has 0 amide bonds. The van der Waals surface area contributed by atoms with Gasteiger partial charge in [-0.2, -0.15) is 5.26 Å². The number of pyridine rings is 1. The third-order valence-corrected chi connectivity index (χ3v) is 2.48. The number of carbonyl (C=O) groups excluding carboxylic acids is 1. The minimum atomic E-state index is -0.0143. The summed E-state index contributed by atoms with van der Waals surface area (Å²) in [6, 6.07) is 9.39. The van der Waals surface area contributed by atoms with Crippen molar-refractivity contribution < 1.29 is 4.79 Å². The predicted molar refractivity (Wildman–Crippen MR) is 56.9 cm³/mol. The van der Waals surface area contributed by atoms with Crippen molar-refractivity contribution in [2.24, 2.45) is 0 Å². The van der Waals surface area contributed by atoms with E-state index < -0.39 is 0 Å². The van der Waals surface area contributed by atoms with Crippen LogP contribution in [0, 0.1) is 18.3 Å². The molecule has 0 radical (unpaired) electrons. The first kappa shape index (κ1) is 9.47. The molecule has 3 heteroatoms. The first-order chi connectivity index (χ1) is 7.15. The van der Waals surface area contributed by atoms with Gasteiger partial charge in [0.1, 0.15) is 11.8 Å². The van der Waals surface area contributed by atoms with Gasteiger partial charge in [-0.3, -0.25) is 4.79 Å². The van der Waals surface area contributed by atoms with Gasteiger partial charge in [-0.15, -0.1) is 0 Å². The molecular weight excluding hydrogens is 188 g/mol. The second-order valence-electron chi connectivity index (χ2n) is 3.50. The highest BCUT2D eigenvalue weighted by molar-refractivity contribution is 6.01. The summed E-state index contributed by atoms with van der Waals surface area (Å²) in [6.07, 6.45) is 0. The lowest BCUT2D eigenvalue weighted by Crippen LogP contribution is -1.94. The lowest BCUT2D eigenvalue weighted by molar-refractivity contribution is 0.101. The predicted octanol–water partition coefficient (Wildman–Crippen LogP) is 2.32. The molecule has 0 saturated heterocycles. The number of hydrogen-bond donors (Lipinski definition) is 0. The number of aromatic nitrogens is 1. The van der Waals surface area contributed by atoms with Crippen molar-refractivity contribution in [2.75, 3.05) is 0 Å². The van der Waals surface area contributed by atoms with Crippen molar-refractivity contribution in [1.82, 2.24) is 4.40 Å². The smallest absolute Gasteiger partial charge is 0.162 e. The highest BCUT2D eigenvalue weighted by Crippen LogP contribution is 2.19. The van der Waals surface area contributed by atoms with Crippen LogP contribution in [0.1, 0.15) is 28.7 Å². The molecule has 0 aliphatic rings. The van der Waals surface area contributed by atoms with E-state index in [1.54, 1.807) is 10.5 Å². The second kappa shape index (κ2) is 3.25. The van der Waals surface area contributed by atoms with Crippen molar-refractivity contribution in [1.29, 1.82) is 5.26 Å². The molecule has 0 unspecified atom stereocenters.